The summed E-state index contributed by atoms with van der Waals surface area (Å²) in [4.78, 5) is 11.3. The van der Waals surface area contributed by atoms with Crippen molar-refractivity contribution in [2.24, 2.45) is 5.92 Å². The third kappa shape index (κ3) is 2.83. The molecule has 1 amide bonds. The number of furan rings is 1. The topological polar surface area (TPSA) is 62.5 Å². The molecule has 1 atom stereocenters. The van der Waals surface area contributed by atoms with E-state index < -0.39 is 6.10 Å². The van der Waals surface area contributed by atoms with Crippen molar-refractivity contribution in [1.29, 1.82) is 0 Å². The van der Waals surface area contributed by atoms with Crippen LogP contribution in [-0.2, 0) is 4.79 Å². The van der Waals surface area contributed by atoms with Crippen molar-refractivity contribution in [3.05, 3.63) is 24.2 Å². The number of carbonyl (C=O) groups excluding carboxylic acids is 1. The highest BCUT2D eigenvalue weighted by atomic mass is 16.4. The Morgan fingerprint density at radius 2 is 2.47 bits per heavy atom. The molecule has 0 aromatic carbocycles. The van der Waals surface area contributed by atoms with E-state index in [-0.39, 0.29) is 11.8 Å². The minimum absolute atomic E-state index is 0.113. The first-order chi connectivity index (χ1) is 7.27. The summed E-state index contributed by atoms with van der Waals surface area (Å²) in [5.74, 6) is 0.892. The van der Waals surface area contributed by atoms with E-state index in [1.807, 2.05) is 0 Å². The van der Waals surface area contributed by atoms with Gasteiger partial charge in [0.05, 0.1) is 6.26 Å². The third-order valence-electron chi connectivity index (χ3n) is 2.54. The standard InChI is InChI=1S/C11H15NO3/c13-9(10-2-1-7-15-10)5-6-12-11(14)8-3-4-8/h1-2,7-9,13H,3-6H2,(H,12,14)/t9-/m1/s1. The van der Waals surface area contributed by atoms with Crippen molar-refractivity contribution in [2.75, 3.05) is 6.54 Å². The Morgan fingerprint density at radius 1 is 1.67 bits per heavy atom. The highest BCUT2D eigenvalue weighted by Crippen LogP contribution is 2.28. The van der Waals surface area contributed by atoms with E-state index in [9.17, 15) is 9.90 Å². The molecule has 1 fully saturated rings. The zero-order valence-electron chi connectivity index (χ0n) is 8.48. The second-order valence-corrected chi connectivity index (χ2v) is 3.89. The molecule has 2 N–H and O–H groups in total. The van der Waals surface area contributed by atoms with Crippen LogP contribution in [0.15, 0.2) is 22.8 Å². The molecule has 2 rings (SSSR count). The van der Waals surface area contributed by atoms with E-state index in [0.717, 1.165) is 12.8 Å². The van der Waals surface area contributed by atoms with Crippen LogP contribution < -0.4 is 5.32 Å². The Morgan fingerprint density at radius 3 is 3.07 bits per heavy atom. The number of aliphatic hydroxyl groups is 1. The Labute approximate surface area is 88.3 Å². The summed E-state index contributed by atoms with van der Waals surface area (Å²) in [7, 11) is 0. The van der Waals surface area contributed by atoms with E-state index in [1.165, 1.54) is 6.26 Å². The van der Waals surface area contributed by atoms with Gasteiger partial charge in [-0.3, -0.25) is 4.79 Å². The minimum Gasteiger partial charge on any atom is -0.467 e. The Balaban J connectivity index is 1.67. The van der Waals surface area contributed by atoms with Crippen LogP contribution in [0, 0.1) is 5.92 Å². The molecule has 15 heavy (non-hydrogen) atoms. The maximum Gasteiger partial charge on any atom is 0.223 e. The van der Waals surface area contributed by atoms with Crippen LogP contribution in [0.1, 0.15) is 31.1 Å². The number of hydrogen-bond donors (Lipinski definition) is 2. The maximum atomic E-state index is 11.3. The van der Waals surface area contributed by atoms with Gasteiger partial charge in [-0.05, 0) is 31.4 Å². The summed E-state index contributed by atoms with van der Waals surface area (Å²) in [6.45, 7) is 0.497. The monoisotopic (exact) mass is 209 g/mol. The molecule has 0 bridgehead atoms. The molecule has 0 spiro atoms. The highest BCUT2D eigenvalue weighted by Gasteiger charge is 2.29. The molecule has 1 heterocycles. The zero-order chi connectivity index (χ0) is 10.7. The Kier molecular flexibility index (Phi) is 3.06. The van der Waals surface area contributed by atoms with Crippen molar-refractivity contribution >= 4 is 5.91 Å². The van der Waals surface area contributed by atoms with Crippen molar-refractivity contribution in [3.8, 4) is 0 Å². The number of rotatable bonds is 5. The lowest BCUT2D eigenvalue weighted by Crippen LogP contribution is -2.26. The lowest BCUT2D eigenvalue weighted by atomic mass is 10.2. The molecular weight excluding hydrogens is 194 g/mol. The van der Waals surface area contributed by atoms with Crippen LogP contribution in [0.25, 0.3) is 0 Å². The first kappa shape index (κ1) is 10.2. The van der Waals surface area contributed by atoms with Crippen molar-refractivity contribution in [1.82, 2.24) is 5.32 Å². The Bertz CT molecular complexity index is 317. The molecule has 0 saturated heterocycles. The summed E-state index contributed by atoms with van der Waals surface area (Å²) in [5.41, 5.74) is 0. The van der Waals surface area contributed by atoms with Gasteiger partial charge in [-0.2, -0.15) is 0 Å². The van der Waals surface area contributed by atoms with E-state index >= 15 is 0 Å². The fourth-order valence-corrected chi connectivity index (χ4v) is 1.45. The van der Waals surface area contributed by atoms with Crippen molar-refractivity contribution < 1.29 is 14.3 Å². The quantitative estimate of drug-likeness (QED) is 0.766. The number of hydrogen-bond acceptors (Lipinski definition) is 3. The minimum atomic E-state index is -0.625. The van der Waals surface area contributed by atoms with Gasteiger partial charge < -0.3 is 14.8 Å². The number of amides is 1. The lowest BCUT2D eigenvalue weighted by Gasteiger charge is -2.08. The molecule has 1 aromatic heterocycles. The van der Waals surface area contributed by atoms with E-state index in [1.54, 1.807) is 12.1 Å². The molecule has 0 unspecified atom stereocenters. The van der Waals surface area contributed by atoms with Gasteiger partial charge in [0.1, 0.15) is 11.9 Å². The molecule has 0 aliphatic heterocycles. The predicted molar refractivity (Wildman–Crippen MR) is 54.0 cm³/mol. The largest absolute Gasteiger partial charge is 0.467 e. The van der Waals surface area contributed by atoms with E-state index in [2.05, 4.69) is 5.32 Å². The highest BCUT2D eigenvalue weighted by molar-refractivity contribution is 5.80. The Hall–Kier alpha value is -1.29. The van der Waals surface area contributed by atoms with Crippen LogP contribution >= 0.6 is 0 Å². The van der Waals surface area contributed by atoms with Gasteiger partial charge in [-0.15, -0.1) is 0 Å². The SMILES string of the molecule is O=C(NCC[C@@H](O)c1ccco1)C1CC1. The van der Waals surface area contributed by atoms with Gasteiger partial charge in [-0.1, -0.05) is 0 Å². The van der Waals surface area contributed by atoms with Gasteiger partial charge in [-0.25, -0.2) is 0 Å². The summed E-state index contributed by atoms with van der Waals surface area (Å²) in [6, 6.07) is 3.47. The van der Waals surface area contributed by atoms with E-state index in [0.29, 0.717) is 18.7 Å². The molecular formula is C11H15NO3. The van der Waals surface area contributed by atoms with Gasteiger partial charge in [0.25, 0.3) is 0 Å². The van der Waals surface area contributed by atoms with Crippen LogP contribution in [0.5, 0.6) is 0 Å². The first-order valence-electron chi connectivity index (χ1n) is 5.26. The maximum absolute atomic E-state index is 11.3. The fourth-order valence-electron chi connectivity index (χ4n) is 1.45. The molecule has 1 aliphatic carbocycles. The number of nitrogens with one attached hydrogen (secondary N) is 1. The van der Waals surface area contributed by atoms with Crippen molar-refractivity contribution in [3.63, 3.8) is 0 Å². The van der Waals surface area contributed by atoms with Crippen molar-refractivity contribution in [2.45, 2.75) is 25.4 Å². The van der Waals surface area contributed by atoms with Crippen LogP contribution in [0.2, 0.25) is 0 Å². The van der Waals surface area contributed by atoms with Crippen LogP contribution in [0.4, 0.5) is 0 Å². The average Bonchev–Trinajstić information content (AvgIpc) is 2.93. The molecule has 4 nitrogen and oxygen atoms in total. The smallest absolute Gasteiger partial charge is 0.223 e. The summed E-state index contributed by atoms with van der Waals surface area (Å²) in [5, 5.41) is 12.4. The molecule has 1 aromatic rings. The normalized spacial score (nSPS) is 17.4. The second-order valence-electron chi connectivity index (χ2n) is 3.89. The molecule has 1 saturated carbocycles. The number of aliphatic hydroxyl groups excluding tert-OH is 1. The first-order valence-corrected chi connectivity index (χ1v) is 5.26. The lowest BCUT2D eigenvalue weighted by molar-refractivity contribution is -0.122. The average molecular weight is 209 g/mol. The molecule has 4 heteroatoms. The zero-order valence-corrected chi connectivity index (χ0v) is 8.48. The van der Waals surface area contributed by atoms with E-state index in [4.69, 9.17) is 4.42 Å². The fraction of sp³-hybridized carbons (Fsp3) is 0.545. The third-order valence-corrected chi connectivity index (χ3v) is 2.54. The number of carbonyl (C=O) groups is 1. The summed E-state index contributed by atoms with van der Waals surface area (Å²) in [6.07, 6.45) is 3.41. The summed E-state index contributed by atoms with van der Waals surface area (Å²) >= 11 is 0. The summed E-state index contributed by atoms with van der Waals surface area (Å²) < 4.78 is 5.05. The van der Waals surface area contributed by atoms with Crippen LogP contribution in [-0.4, -0.2) is 17.6 Å². The van der Waals surface area contributed by atoms with Gasteiger partial charge in [0.2, 0.25) is 5.91 Å². The molecule has 1 aliphatic rings. The van der Waals surface area contributed by atoms with Gasteiger partial charge in [0, 0.05) is 12.5 Å². The predicted octanol–water partition coefficient (Wildman–Crippen LogP) is 1.23. The van der Waals surface area contributed by atoms with Crippen LogP contribution in [0.3, 0.4) is 0 Å². The molecule has 82 valence electrons. The van der Waals surface area contributed by atoms with Gasteiger partial charge >= 0.3 is 0 Å². The van der Waals surface area contributed by atoms with Gasteiger partial charge in [0.15, 0.2) is 0 Å². The second kappa shape index (κ2) is 4.49. The molecule has 0 radical (unpaired) electrons.